The molecule has 0 bridgehead atoms. The van der Waals surface area contributed by atoms with Gasteiger partial charge in [-0.25, -0.2) is 4.79 Å². The molecule has 2 aromatic rings. The Morgan fingerprint density at radius 1 is 1.29 bits per heavy atom. The summed E-state index contributed by atoms with van der Waals surface area (Å²) in [5.41, 5.74) is 2.66. The Morgan fingerprint density at radius 2 is 2.04 bits per heavy atom. The zero-order valence-corrected chi connectivity index (χ0v) is 15.8. The van der Waals surface area contributed by atoms with Crippen molar-refractivity contribution in [3.05, 3.63) is 59.2 Å². The van der Waals surface area contributed by atoms with Crippen LogP contribution in [0.3, 0.4) is 0 Å². The molecular formula is C22H24N2O4. The van der Waals surface area contributed by atoms with Gasteiger partial charge in [0, 0.05) is 5.69 Å². The van der Waals surface area contributed by atoms with Gasteiger partial charge in [0.25, 0.3) is 0 Å². The van der Waals surface area contributed by atoms with E-state index in [-0.39, 0.29) is 6.10 Å². The van der Waals surface area contributed by atoms with E-state index in [2.05, 4.69) is 5.32 Å². The summed E-state index contributed by atoms with van der Waals surface area (Å²) in [5.74, 6) is -0.300. The van der Waals surface area contributed by atoms with Gasteiger partial charge in [-0.05, 0) is 73.2 Å². The van der Waals surface area contributed by atoms with E-state index in [1.54, 1.807) is 36.4 Å². The lowest BCUT2D eigenvalue weighted by atomic mass is 10.0. The lowest BCUT2D eigenvalue weighted by Crippen LogP contribution is -2.26. The Morgan fingerprint density at radius 3 is 2.61 bits per heavy atom. The van der Waals surface area contributed by atoms with E-state index in [0.717, 1.165) is 24.8 Å². The number of nitriles is 1. The average Bonchev–Trinajstić information content (AvgIpc) is 3.11. The summed E-state index contributed by atoms with van der Waals surface area (Å²) in [4.78, 5) is 11.9. The molecule has 0 spiro atoms. The van der Waals surface area contributed by atoms with Gasteiger partial charge < -0.3 is 20.3 Å². The number of carboxylic acids is 1. The maximum Gasteiger partial charge on any atom is 0.330 e. The smallest absolute Gasteiger partial charge is 0.330 e. The van der Waals surface area contributed by atoms with E-state index in [9.17, 15) is 15.0 Å². The number of nitrogens with one attached hydrogen (secondary N) is 1. The van der Waals surface area contributed by atoms with Crippen LogP contribution >= 0.6 is 0 Å². The molecule has 1 saturated carbocycles. The van der Waals surface area contributed by atoms with E-state index in [1.807, 2.05) is 19.1 Å². The Labute approximate surface area is 164 Å². The van der Waals surface area contributed by atoms with Crippen LogP contribution in [0.5, 0.6) is 5.75 Å². The summed E-state index contributed by atoms with van der Waals surface area (Å²) < 4.78 is 6.00. The van der Waals surface area contributed by atoms with Gasteiger partial charge in [-0.1, -0.05) is 13.0 Å². The molecule has 0 amide bonds. The number of benzene rings is 2. The fourth-order valence-corrected chi connectivity index (χ4v) is 3.47. The molecule has 1 aliphatic rings. The topological polar surface area (TPSA) is 103 Å². The molecule has 0 heterocycles. The molecule has 1 fully saturated rings. The van der Waals surface area contributed by atoms with Gasteiger partial charge in [0.05, 0.1) is 17.7 Å². The Hall–Kier alpha value is -3.04. The molecule has 0 aromatic heterocycles. The number of nitrogens with zero attached hydrogens (tertiary/aromatic N) is 1. The second-order valence-corrected chi connectivity index (χ2v) is 6.98. The van der Waals surface area contributed by atoms with Crippen molar-refractivity contribution in [2.45, 2.75) is 50.9 Å². The zero-order chi connectivity index (χ0) is 20.1. The first kappa shape index (κ1) is 19.7. The monoisotopic (exact) mass is 380 g/mol. The van der Waals surface area contributed by atoms with Crippen LogP contribution in [-0.2, 0) is 11.2 Å². The lowest BCUT2D eigenvalue weighted by molar-refractivity contribution is -0.138. The highest BCUT2D eigenvalue weighted by molar-refractivity contribution is 5.79. The summed E-state index contributed by atoms with van der Waals surface area (Å²) in [6.45, 7) is 1.99. The normalized spacial score (nSPS) is 19.6. The van der Waals surface area contributed by atoms with Gasteiger partial charge in [-0.3, -0.25) is 0 Å². The van der Waals surface area contributed by atoms with Gasteiger partial charge in [0.1, 0.15) is 11.9 Å². The number of aryl methyl sites for hydroxylation is 1. The summed E-state index contributed by atoms with van der Waals surface area (Å²) in [5, 5.41) is 31.6. The Balaban J connectivity index is 1.82. The highest BCUT2D eigenvalue weighted by Crippen LogP contribution is 2.30. The van der Waals surface area contributed by atoms with Gasteiger partial charge in [0.15, 0.2) is 6.04 Å². The third-order valence-corrected chi connectivity index (χ3v) is 5.07. The predicted octanol–water partition coefficient (Wildman–Crippen LogP) is 3.65. The molecule has 1 aliphatic carbocycles. The van der Waals surface area contributed by atoms with E-state index in [1.165, 1.54) is 0 Å². The second-order valence-electron chi connectivity index (χ2n) is 6.98. The number of hydrogen-bond acceptors (Lipinski definition) is 5. The van der Waals surface area contributed by atoms with Crippen LogP contribution in [0.4, 0.5) is 5.69 Å². The molecule has 0 aliphatic heterocycles. The summed E-state index contributed by atoms with van der Waals surface area (Å²) >= 11 is 0. The number of aliphatic hydroxyl groups is 1. The number of ether oxygens (including phenoxy) is 1. The summed E-state index contributed by atoms with van der Waals surface area (Å²) in [6.07, 6.45) is 2.55. The molecule has 6 heteroatoms. The van der Waals surface area contributed by atoms with Crippen molar-refractivity contribution in [2.24, 2.45) is 0 Å². The van der Waals surface area contributed by atoms with E-state index in [0.29, 0.717) is 29.0 Å². The molecule has 146 valence electrons. The molecule has 28 heavy (non-hydrogen) atoms. The number of aliphatic hydroxyl groups excluding tert-OH is 1. The molecule has 0 saturated heterocycles. The number of aliphatic carboxylic acids is 1. The molecule has 3 unspecified atom stereocenters. The summed E-state index contributed by atoms with van der Waals surface area (Å²) in [7, 11) is 0. The second kappa shape index (κ2) is 8.77. The van der Waals surface area contributed by atoms with Gasteiger partial charge in [-0.15, -0.1) is 0 Å². The van der Waals surface area contributed by atoms with Crippen LogP contribution in [0, 0.1) is 11.3 Å². The standard InChI is InChI=1S/C22H24N2O4/c1-2-15-12-16(8-11-19(15)28-20-5-3-4-18(20)25)21(22(26)27)24-17-9-6-14(13-23)7-10-17/h6-12,18,20-21,24-25H,2-5H2,1H3,(H,26,27). The van der Waals surface area contributed by atoms with Crippen LogP contribution in [0.25, 0.3) is 0 Å². The van der Waals surface area contributed by atoms with Crippen molar-refractivity contribution < 1.29 is 19.7 Å². The fourth-order valence-electron chi connectivity index (χ4n) is 3.47. The van der Waals surface area contributed by atoms with Gasteiger partial charge in [-0.2, -0.15) is 5.26 Å². The maximum atomic E-state index is 11.9. The third-order valence-electron chi connectivity index (χ3n) is 5.07. The van der Waals surface area contributed by atoms with Crippen molar-refractivity contribution in [1.82, 2.24) is 0 Å². The average molecular weight is 380 g/mol. The van der Waals surface area contributed by atoms with Crippen molar-refractivity contribution in [3.63, 3.8) is 0 Å². The molecule has 3 N–H and O–H groups in total. The van der Waals surface area contributed by atoms with E-state index < -0.39 is 18.1 Å². The van der Waals surface area contributed by atoms with E-state index >= 15 is 0 Å². The van der Waals surface area contributed by atoms with E-state index in [4.69, 9.17) is 10.00 Å². The van der Waals surface area contributed by atoms with Gasteiger partial charge in [0.2, 0.25) is 0 Å². The lowest BCUT2D eigenvalue weighted by Gasteiger charge is -2.21. The van der Waals surface area contributed by atoms with Crippen LogP contribution in [0.15, 0.2) is 42.5 Å². The van der Waals surface area contributed by atoms with Crippen LogP contribution in [0.1, 0.15) is 48.9 Å². The summed E-state index contributed by atoms with van der Waals surface area (Å²) in [6, 6.07) is 13.1. The minimum atomic E-state index is -0.994. The third kappa shape index (κ3) is 4.44. The van der Waals surface area contributed by atoms with Crippen molar-refractivity contribution in [2.75, 3.05) is 5.32 Å². The number of hydrogen-bond donors (Lipinski definition) is 3. The van der Waals surface area contributed by atoms with Crippen LogP contribution in [0.2, 0.25) is 0 Å². The predicted molar refractivity (Wildman–Crippen MR) is 105 cm³/mol. The zero-order valence-electron chi connectivity index (χ0n) is 15.8. The first-order valence-electron chi connectivity index (χ1n) is 9.49. The minimum Gasteiger partial charge on any atom is -0.487 e. The number of anilines is 1. The fraction of sp³-hybridized carbons (Fsp3) is 0.364. The molecule has 3 atom stereocenters. The number of carbonyl (C=O) groups is 1. The largest absolute Gasteiger partial charge is 0.487 e. The Kier molecular flexibility index (Phi) is 6.17. The molecule has 0 radical (unpaired) electrons. The molecule has 2 aromatic carbocycles. The van der Waals surface area contributed by atoms with Crippen molar-refractivity contribution in [3.8, 4) is 11.8 Å². The minimum absolute atomic E-state index is 0.205. The SMILES string of the molecule is CCc1cc(C(Nc2ccc(C#N)cc2)C(=O)O)ccc1OC1CCCC1O. The van der Waals surface area contributed by atoms with Crippen molar-refractivity contribution >= 4 is 11.7 Å². The molecule has 3 rings (SSSR count). The number of carboxylic acid groups (broad SMARTS) is 1. The highest BCUT2D eigenvalue weighted by Gasteiger charge is 2.28. The highest BCUT2D eigenvalue weighted by atomic mass is 16.5. The van der Waals surface area contributed by atoms with Crippen LogP contribution in [-0.4, -0.2) is 28.4 Å². The maximum absolute atomic E-state index is 11.9. The first-order chi connectivity index (χ1) is 13.5. The number of rotatable bonds is 7. The van der Waals surface area contributed by atoms with Crippen molar-refractivity contribution in [1.29, 1.82) is 5.26 Å². The van der Waals surface area contributed by atoms with Gasteiger partial charge >= 0.3 is 5.97 Å². The van der Waals surface area contributed by atoms with Crippen LogP contribution < -0.4 is 10.1 Å². The first-order valence-corrected chi connectivity index (χ1v) is 9.49. The molecular weight excluding hydrogens is 356 g/mol. The Bertz CT molecular complexity index is 873. The quantitative estimate of drug-likeness (QED) is 0.678. The molecule has 6 nitrogen and oxygen atoms in total.